The molecule has 0 amide bonds. The Labute approximate surface area is 139 Å². The number of benzene rings is 1. The molecule has 0 bridgehead atoms. The highest BCUT2D eigenvalue weighted by Gasteiger charge is 2.22. The summed E-state index contributed by atoms with van der Waals surface area (Å²) in [6.07, 6.45) is 5.17. The summed E-state index contributed by atoms with van der Waals surface area (Å²) in [6, 6.07) is 13.4. The third-order valence-corrected chi connectivity index (χ3v) is 5.50. The van der Waals surface area contributed by atoms with Crippen LogP contribution in [0.3, 0.4) is 0 Å². The summed E-state index contributed by atoms with van der Waals surface area (Å²) < 4.78 is 18.6. The van der Waals surface area contributed by atoms with Crippen LogP contribution < -0.4 is 5.32 Å². The molecule has 4 heteroatoms. The van der Waals surface area contributed by atoms with Crippen LogP contribution >= 0.6 is 11.3 Å². The normalized spacial score (nSPS) is 17.2. The third kappa shape index (κ3) is 3.09. The highest BCUT2D eigenvalue weighted by atomic mass is 32.1. The molecule has 1 N–H and O–H groups in total. The summed E-state index contributed by atoms with van der Waals surface area (Å²) in [7, 11) is 0. The van der Waals surface area contributed by atoms with Gasteiger partial charge in [0.1, 0.15) is 11.6 Å². The SMILES string of the molecule is Fc1ccc(-c2ccc(CNC3CCCc4occc43)s2)cc1. The molecule has 0 fully saturated rings. The number of furan rings is 1. The van der Waals surface area contributed by atoms with Gasteiger partial charge in [-0.05, 0) is 48.7 Å². The van der Waals surface area contributed by atoms with Crippen molar-refractivity contribution in [1.82, 2.24) is 5.32 Å². The van der Waals surface area contributed by atoms with Gasteiger partial charge in [0.25, 0.3) is 0 Å². The summed E-state index contributed by atoms with van der Waals surface area (Å²) in [6.45, 7) is 0.848. The minimum Gasteiger partial charge on any atom is -0.469 e. The Hall–Kier alpha value is -1.91. The van der Waals surface area contributed by atoms with Crippen LogP contribution in [0.4, 0.5) is 4.39 Å². The summed E-state index contributed by atoms with van der Waals surface area (Å²) >= 11 is 1.76. The van der Waals surface area contributed by atoms with Crippen LogP contribution in [0.25, 0.3) is 10.4 Å². The second-order valence-electron chi connectivity index (χ2n) is 5.90. The summed E-state index contributed by atoms with van der Waals surface area (Å²) in [5, 5.41) is 3.64. The molecule has 23 heavy (non-hydrogen) atoms. The first-order valence-corrected chi connectivity index (χ1v) is 8.75. The van der Waals surface area contributed by atoms with Crippen molar-refractivity contribution in [3.63, 3.8) is 0 Å². The van der Waals surface area contributed by atoms with E-state index in [-0.39, 0.29) is 5.82 Å². The molecule has 1 aliphatic rings. The van der Waals surface area contributed by atoms with Gasteiger partial charge in [0.2, 0.25) is 0 Å². The Morgan fingerprint density at radius 1 is 1.13 bits per heavy atom. The molecule has 2 nitrogen and oxygen atoms in total. The van der Waals surface area contributed by atoms with E-state index in [9.17, 15) is 4.39 Å². The monoisotopic (exact) mass is 327 g/mol. The lowest BCUT2D eigenvalue weighted by atomic mass is 9.93. The first kappa shape index (κ1) is 14.7. The van der Waals surface area contributed by atoms with Gasteiger partial charge >= 0.3 is 0 Å². The zero-order chi connectivity index (χ0) is 15.6. The largest absolute Gasteiger partial charge is 0.469 e. The topological polar surface area (TPSA) is 25.2 Å². The molecule has 4 rings (SSSR count). The van der Waals surface area contributed by atoms with Gasteiger partial charge in [-0.15, -0.1) is 11.3 Å². The van der Waals surface area contributed by atoms with Crippen LogP contribution in [0.1, 0.15) is 35.1 Å². The Bertz CT molecular complexity index is 790. The fourth-order valence-electron chi connectivity index (χ4n) is 3.16. The number of fused-ring (bicyclic) bond motifs is 1. The quantitative estimate of drug-likeness (QED) is 0.702. The fraction of sp³-hybridized carbons (Fsp3) is 0.263. The smallest absolute Gasteiger partial charge is 0.123 e. The van der Waals surface area contributed by atoms with E-state index in [1.54, 1.807) is 17.6 Å². The fourth-order valence-corrected chi connectivity index (χ4v) is 4.13. The maximum absolute atomic E-state index is 13.0. The lowest BCUT2D eigenvalue weighted by molar-refractivity contribution is 0.412. The number of hydrogen-bond donors (Lipinski definition) is 1. The van der Waals surface area contributed by atoms with E-state index in [4.69, 9.17) is 4.42 Å². The van der Waals surface area contributed by atoms with Crippen molar-refractivity contribution in [2.24, 2.45) is 0 Å². The number of rotatable bonds is 4. The minimum atomic E-state index is -0.194. The molecular formula is C19H18FNOS. The molecule has 0 saturated carbocycles. The summed E-state index contributed by atoms with van der Waals surface area (Å²) in [4.78, 5) is 2.47. The van der Waals surface area contributed by atoms with Gasteiger partial charge in [-0.2, -0.15) is 0 Å². The third-order valence-electron chi connectivity index (χ3n) is 4.37. The molecule has 118 valence electrons. The molecule has 3 aromatic rings. The van der Waals surface area contributed by atoms with Crippen LogP contribution in [-0.2, 0) is 13.0 Å². The highest BCUT2D eigenvalue weighted by molar-refractivity contribution is 7.15. The lowest BCUT2D eigenvalue weighted by Crippen LogP contribution is -2.23. The van der Waals surface area contributed by atoms with Crippen LogP contribution in [0, 0.1) is 5.82 Å². The van der Waals surface area contributed by atoms with Crippen molar-refractivity contribution in [1.29, 1.82) is 0 Å². The number of halogens is 1. The maximum atomic E-state index is 13.0. The molecule has 1 atom stereocenters. The van der Waals surface area contributed by atoms with E-state index in [1.807, 2.05) is 12.1 Å². The summed E-state index contributed by atoms with van der Waals surface area (Å²) in [5.74, 6) is 0.937. The zero-order valence-corrected chi connectivity index (χ0v) is 13.5. The minimum absolute atomic E-state index is 0.194. The molecule has 0 aliphatic heterocycles. The van der Waals surface area contributed by atoms with Crippen molar-refractivity contribution in [3.8, 4) is 10.4 Å². The Morgan fingerprint density at radius 2 is 2.00 bits per heavy atom. The molecule has 1 aliphatic carbocycles. The van der Waals surface area contributed by atoms with Crippen molar-refractivity contribution in [2.75, 3.05) is 0 Å². The molecule has 0 saturated heterocycles. The van der Waals surface area contributed by atoms with E-state index in [2.05, 4.69) is 23.5 Å². The van der Waals surface area contributed by atoms with Crippen molar-refractivity contribution < 1.29 is 8.81 Å². The Morgan fingerprint density at radius 3 is 2.87 bits per heavy atom. The molecule has 0 radical (unpaired) electrons. The first-order valence-electron chi connectivity index (χ1n) is 7.94. The van der Waals surface area contributed by atoms with E-state index in [0.717, 1.165) is 30.7 Å². The zero-order valence-electron chi connectivity index (χ0n) is 12.7. The van der Waals surface area contributed by atoms with Crippen LogP contribution in [0.15, 0.2) is 53.1 Å². The van der Waals surface area contributed by atoms with Gasteiger partial charge < -0.3 is 9.73 Å². The number of hydrogen-bond acceptors (Lipinski definition) is 3. The van der Waals surface area contributed by atoms with Gasteiger partial charge in [-0.25, -0.2) is 4.39 Å². The van der Waals surface area contributed by atoms with Gasteiger partial charge in [0.05, 0.1) is 6.26 Å². The van der Waals surface area contributed by atoms with Gasteiger partial charge in [0, 0.05) is 34.3 Å². The van der Waals surface area contributed by atoms with Crippen LogP contribution in [-0.4, -0.2) is 0 Å². The number of thiophene rings is 1. The second-order valence-corrected chi connectivity index (χ2v) is 7.07. The standard InChI is InChI=1S/C19H18FNOS/c20-14-6-4-13(5-7-14)19-9-8-15(23-19)12-21-17-2-1-3-18-16(17)10-11-22-18/h4-11,17,21H,1-3,12H2. The van der Waals surface area contributed by atoms with Gasteiger partial charge in [-0.1, -0.05) is 12.1 Å². The van der Waals surface area contributed by atoms with Crippen molar-refractivity contribution >= 4 is 11.3 Å². The van der Waals surface area contributed by atoms with E-state index in [0.29, 0.717) is 6.04 Å². The molecule has 0 spiro atoms. The average molecular weight is 327 g/mol. The molecule has 2 aromatic heterocycles. The average Bonchev–Trinajstić information content (AvgIpc) is 3.23. The second kappa shape index (κ2) is 6.30. The van der Waals surface area contributed by atoms with Crippen LogP contribution in [0.2, 0.25) is 0 Å². The van der Waals surface area contributed by atoms with Crippen LogP contribution in [0.5, 0.6) is 0 Å². The van der Waals surface area contributed by atoms with Gasteiger partial charge in [-0.3, -0.25) is 0 Å². The predicted octanol–water partition coefficient (Wildman–Crippen LogP) is 5.31. The molecule has 2 heterocycles. The Kier molecular flexibility index (Phi) is 4.02. The van der Waals surface area contributed by atoms with E-state index >= 15 is 0 Å². The molecule has 1 aromatic carbocycles. The maximum Gasteiger partial charge on any atom is 0.123 e. The predicted molar refractivity (Wildman–Crippen MR) is 90.9 cm³/mol. The number of nitrogens with one attached hydrogen (secondary N) is 1. The highest BCUT2D eigenvalue weighted by Crippen LogP contribution is 2.32. The first-order chi connectivity index (χ1) is 11.3. The Balaban J connectivity index is 1.44. The molecule has 1 unspecified atom stereocenters. The van der Waals surface area contributed by atoms with Crippen molar-refractivity contribution in [3.05, 3.63) is 70.7 Å². The number of aryl methyl sites for hydroxylation is 1. The van der Waals surface area contributed by atoms with E-state index < -0.39 is 0 Å². The molecular weight excluding hydrogens is 309 g/mol. The lowest BCUT2D eigenvalue weighted by Gasteiger charge is -2.22. The van der Waals surface area contributed by atoms with Crippen molar-refractivity contribution in [2.45, 2.75) is 31.8 Å². The van der Waals surface area contributed by atoms with E-state index in [1.165, 1.54) is 33.9 Å². The summed E-state index contributed by atoms with van der Waals surface area (Å²) in [5.41, 5.74) is 2.38. The van der Waals surface area contributed by atoms with Gasteiger partial charge in [0.15, 0.2) is 0 Å².